The van der Waals surface area contributed by atoms with Crippen molar-refractivity contribution in [2.75, 3.05) is 18.8 Å². The Labute approximate surface area is 193 Å². The van der Waals surface area contributed by atoms with E-state index >= 15 is 4.39 Å². The fourth-order valence-corrected chi connectivity index (χ4v) is 6.55. The first kappa shape index (κ1) is 22.5. The van der Waals surface area contributed by atoms with E-state index in [1.807, 2.05) is 17.0 Å². The molecule has 2 aromatic rings. The normalized spacial score (nSPS) is 21.5. The van der Waals surface area contributed by atoms with Crippen molar-refractivity contribution in [2.24, 2.45) is 4.99 Å². The van der Waals surface area contributed by atoms with Gasteiger partial charge in [-0.25, -0.2) is 18.2 Å². The summed E-state index contributed by atoms with van der Waals surface area (Å²) in [4.78, 5) is 7.11. The average Bonchev–Trinajstić information content (AvgIpc) is 2.68. The average molecular weight is 512 g/mol. The van der Waals surface area contributed by atoms with Gasteiger partial charge in [-0.1, -0.05) is 34.8 Å². The Morgan fingerprint density at radius 2 is 1.63 bits per heavy atom. The van der Waals surface area contributed by atoms with Crippen molar-refractivity contribution in [2.45, 2.75) is 28.8 Å². The minimum Gasteiger partial charge on any atom is -0.356 e. The Morgan fingerprint density at radius 3 is 2.30 bits per heavy atom. The number of rotatable bonds is 1. The molecule has 30 heavy (non-hydrogen) atoms. The number of alkyl halides is 3. The molecule has 4 bridgehead atoms. The zero-order valence-corrected chi connectivity index (χ0v) is 19.7. The number of halogens is 6. The van der Waals surface area contributed by atoms with Crippen LogP contribution in [0, 0.1) is 0 Å². The van der Waals surface area contributed by atoms with Crippen molar-refractivity contribution in [1.29, 1.82) is 0 Å². The van der Waals surface area contributed by atoms with Crippen LogP contribution in [-0.4, -0.2) is 40.7 Å². The molecular weight excluding hydrogens is 495 g/mol. The van der Waals surface area contributed by atoms with Crippen molar-refractivity contribution >= 4 is 66.7 Å². The van der Waals surface area contributed by atoms with E-state index in [-0.39, 0.29) is 31.0 Å². The highest BCUT2D eigenvalue weighted by molar-refractivity contribution is 7.99. The van der Waals surface area contributed by atoms with Gasteiger partial charge in [0.05, 0.1) is 21.5 Å². The summed E-state index contributed by atoms with van der Waals surface area (Å²) in [5.41, 5.74) is -1.91. The van der Waals surface area contributed by atoms with Crippen LogP contribution in [0.4, 0.5) is 18.9 Å². The Kier molecular flexibility index (Phi) is 6.54. The summed E-state index contributed by atoms with van der Waals surface area (Å²) in [7, 11) is -1.10. The van der Waals surface area contributed by atoms with Crippen LogP contribution < -0.4 is 0 Å². The van der Waals surface area contributed by atoms with Crippen molar-refractivity contribution in [3.05, 3.63) is 57.0 Å². The lowest BCUT2D eigenvalue weighted by molar-refractivity contribution is 0.108. The van der Waals surface area contributed by atoms with Crippen molar-refractivity contribution in [3.63, 3.8) is 0 Å². The molecule has 3 aliphatic rings. The molecule has 0 amide bonds. The number of hydrogen-bond donors (Lipinski definition) is 0. The molecule has 0 radical (unpaired) electrons. The van der Waals surface area contributed by atoms with Gasteiger partial charge >= 0.3 is 0 Å². The predicted octanol–water partition coefficient (Wildman–Crippen LogP) is 7.86. The quantitative estimate of drug-likeness (QED) is 0.362. The predicted molar refractivity (Wildman–Crippen MR) is 123 cm³/mol. The molecule has 0 N–H and O–H groups in total. The third-order valence-electron chi connectivity index (χ3n) is 5.00. The van der Waals surface area contributed by atoms with Crippen molar-refractivity contribution in [1.82, 2.24) is 4.90 Å². The van der Waals surface area contributed by atoms with Crippen LogP contribution in [0.1, 0.15) is 18.4 Å². The molecule has 160 valence electrons. The zero-order valence-electron chi connectivity index (χ0n) is 15.6. The van der Waals surface area contributed by atoms with Gasteiger partial charge in [-0.05, 0) is 45.0 Å². The van der Waals surface area contributed by atoms with Crippen LogP contribution in [0.15, 0.2) is 46.3 Å². The minimum absolute atomic E-state index is 0.0182. The number of benzene rings is 2. The maximum Gasteiger partial charge on any atom is 0.274 e. The lowest BCUT2D eigenvalue weighted by Gasteiger charge is -2.39. The van der Waals surface area contributed by atoms with Gasteiger partial charge in [-0.3, -0.25) is 0 Å². The first-order valence-electron chi connectivity index (χ1n) is 9.22. The number of aliphatic imine (C=N–C) groups is 1. The lowest BCUT2D eigenvalue weighted by atomic mass is 10.1. The Balaban J connectivity index is 1.84. The van der Waals surface area contributed by atoms with E-state index in [2.05, 4.69) is 0 Å². The third-order valence-corrected chi connectivity index (χ3v) is 8.88. The number of fused-ring (bicyclic) bond motifs is 5. The van der Waals surface area contributed by atoms with Crippen LogP contribution >= 0.6 is 55.1 Å². The number of hydrogen-bond acceptors (Lipinski definition) is 3. The number of nitrogens with zero attached hydrogens (tertiary/aromatic N) is 2. The highest BCUT2D eigenvalue weighted by atomic mass is 35.5. The van der Waals surface area contributed by atoms with Crippen LogP contribution in [0.3, 0.4) is 0 Å². The van der Waals surface area contributed by atoms with Gasteiger partial charge in [0.1, 0.15) is 11.2 Å². The maximum atomic E-state index is 15.3. The molecule has 0 saturated carbocycles. The number of amidine groups is 1. The molecule has 3 aliphatic heterocycles. The number of piperidine rings is 1. The Bertz CT molecular complexity index is 980. The molecule has 5 rings (SSSR count). The second-order valence-electron chi connectivity index (χ2n) is 7.25. The summed E-state index contributed by atoms with van der Waals surface area (Å²) < 4.78 is 44.4. The molecule has 2 nitrogen and oxygen atoms in total. The van der Waals surface area contributed by atoms with Gasteiger partial charge in [0, 0.05) is 41.4 Å². The van der Waals surface area contributed by atoms with Gasteiger partial charge in [-0.2, -0.15) is 0 Å². The summed E-state index contributed by atoms with van der Waals surface area (Å²) in [6.45, 7) is 0.568. The summed E-state index contributed by atoms with van der Waals surface area (Å²) in [5.74, 6) is 0.0540. The van der Waals surface area contributed by atoms with E-state index in [4.69, 9.17) is 39.8 Å². The van der Waals surface area contributed by atoms with E-state index in [1.165, 1.54) is 6.07 Å². The molecule has 10 heteroatoms. The van der Waals surface area contributed by atoms with E-state index in [9.17, 15) is 8.78 Å². The molecule has 3 heterocycles. The van der Waals surface area contributed by atoms with Crippen LogP contribution in [0.5, 0.6) is 0 Å². The zero-order chi connectivity index (χ0) is 21.5. The molecule has 1 saturated heterocycles. The first-order valence-corrected chi connectivity index (χ1v) is 12.3. The first-order chi connectivity index (χ1) is 14.1. The summed E-state index contributed by atoms with van der Waals surface area (Å²) in [6.07, 6.45) is 0.0365. The fourth-order valence-electron chi connectivity index (χ4n) is 3.48. The molecule has 0 aliphatic carbocycles. The van der Waals surface area contributed by atoms with Gasteiger partial charge in [-0.15, -0.1) is 11.8 Å². The molecule has 1 fully saturated rings. The fraction of sp³-hybridized carbons (Fsp3) is 0.350. The van der Waals surface area contributed by atoms with Crippen LogP contribution in [-0.2, 0) is 0 Å². The second-order valence-corrected chi connectivity index (χ2v) is 11.4. The molecule has 2 aromatic carbocycles. The highest BCUT2D eigenvalue weighted by Gasteiger charge is 2.45. The molecule has 1 atom stereocenters. The minimum atomic E-state index is -3.13. The summed E-state index contributed by atoms with van der Waals surface area (Å²) >= 11 is 19.5. The lowest BCUT2D eigenvalue weighted by Crippen LogP contribution is -2.44. The maximum absolute atomic E-state index is 15.3. The molecular formula is C20H17Cl3F3N2PS. The van der Waals surface area contributed by atoms with E-state index in [1.54, 1.807) is 18.2 Å². The number of thioether (sulfide) groups is 1. The van der Waals surface area contributed by atoms with Crippen molar-refractivity contribution in [3.8, 4) is 0 Å². The SMILES string of the molecule is FC1(F)CSc2cc(c(Cl)cc2Cl)N=C(c2ccc(Cl)cc2)N2CCC(F)(CC2)P1. The third kappa shape index (κ3) is 5.05. The van der Waals surface area contributed by atoms with Gasteiger partial charge in [0.15, 0.2) is 0 Å². The van der Waals surface area contributed by atoms with Crippen molar-refractivity contribution < 1.29 is 13.2 Å². The Morgan fingerprint density at radius 1 is 0.967 bits per heavy atom. The van der Waals surface area contributed by atoms with Gasteiger partial charge in [0.25, 0.3) is 5.66 Å². The topological polar surface area (TPSA) is 15.6 Å². The van der Waals surface area contributed by atoms with Crippen LogP contribution in [0.2, 0.25) is 15.1 Å². The largest absolute Gasteiger partial charge is 0.356 e. The second kappa shape index (κ2) is 8.71. The summed E-state index contributed by atoms with van der Waals surface area (Å²) in [6, 6.07) is 10.3. The smallest absolute Gasteiger partial charge is 0.274 e. The van der Waals surface area contributed by atoms with Crippen LogP contribution in [0.25, 0.3) is 0 Å². The molecule has 0 spiro atoms. The Hall–Kier alpha value is -0.650. The van der Waals surface area contributed by atoms with E-state index < -0.39 is 25.4 Å². The molecule has 0 aromatic heterocycles. The van der Waals surface area contributed by atoms with E-state index in [0.29, 0.717) is 26.5 Å². The standard InChI is InChI=1S/C20H17Cl3F3N2PS/c21-13-3-1-12(2-4-13)18-27-16-10-17(15(23)9-14(16)22)30-11-20(25,26)29-19(24)5-7-28(18)8-6-19/h1-4,9-10,29H,5-8,11H2. The monoisotopic (exact) mass is 510 g/mol. The van der Waals surface area contributed by atoms with E-state index in [0.717, 1.165) is 17.3 Å². The summed E-state index contributed by atoms with van der Waals surface area (Å²) in [5, 5.41) is -0.725. The highest BCUT2D eigenvalue weighted by Crippen LogP contribution is 2.54. The van der Waals surface area contributed by atoms with Gasteiger partial charge < -0.3 is 4.90 Å². The molecule has 1 unspecified atom stereocenters. The van der Waals surface area contributed by atoms with Gasteiger partial charge in [0.2, 0.25) is 0 Å².